The Labute approximate surface area is 171 Å². The molecular formula is C21H27ClN2O4. The molecule has 28 heavy (non-hydrogen) atoms. The number of phenolic OH excluding ortho intramolecular Hbond substituents is 1. The third-order valence-corrected chi connectivity index (χ3v) is 5.01. The highest BCUT2D eigenvalue weighted by Crippen LogP contribution is 2.34. The van der Waals surface area contributed by atoms with E-state index in [0.29, 0.717) is 12.2 Å². The normalized spacial score (nSPS) is 16.3. The molecule has 0 spiro atoms. The molecule has 1 aliphatic rings. The molecule has 152 valence electrons. The molecule has 0 radical (unpaired) electrons. The Morgan fingerprint density at radius 2 is 1.79 bits per heavy atom. The Balaban J connectivity index is 0.00000280. The zero-order valence-electron chi connectivity index (χ0n) is 16.1. The summed E-state index contributed by atoms with van der Waals surface area (Å²) < 4.78 is 10.7. The van der Waals surface area contributed by atoms with Crippen LogP contribution in [-0.2, 0) is 24.1 Å². The van der Waals surface area contributed by atoms with Crippen molar-refractivity contribution >= 4 is 18.3 Å². The number of ether oxygens (including phenoxy) is 2. The number of rotatable bonds is 6. The molecule has 0 aromatic heterocycles. The van der Waals surface area contributed by atoms with Crippen molar-refractivity contribution in [2.75, 3.05) is 14.2 Å². The minimum Gasteiger partial charge on any atom is -0.508 e. The Hall–Kier alpha value is -2.44. The SMILES string of the molecule is COc1cc2c(cc1OC)CC(NC(=O)[C@@H](N)Cc1ccc(O)cc1)CC2.Cl. The first-order chi connectivity index (χ1) is 13.0. The first kappa shape index (κ1) is 21.9. The number of nitrogens with two attached hydrogens (primary N) is 1. The van der Waals surface area contributed by atoms with Crippen LogP contribution >= 0.6 is 12.4 Å². The molecule has 1 amide bonds. The van der Waals surface area contributed by atoms with E-state index in [1.807, 2.05) is 12.1 Å². The second-order valence-electron chi connectivity index (χ2n) is 6.90. The zero-order chi connectivity index (χ0) is 19.4. The molecular weight excluding hydrogens is 380 g/mol. The maximum absolute atomic E-state index is 12.5. The Bertz CT molecular complexity index is 811. The summed E-state index contributed by atoms with van der Waals surface area (Å²) in [6.45, 7) is 0. The summed E-state index contributed by atoms with van der Waals surface area (Å²) in [6.07, 6.45) is 2.90. The second kappa shape index (κ2) is 9.66. The fourth-order valence-corrected chi connectivity index (χ4v) is 3.49. The summed E-state index contributed by atoms with van der Waals surface area (Å²) in [5, 5.41) is 12.4. The number of methoxy groups -OCH3 is 2. The summed E-state index contributed by atoms with van der Waals surface area (Å²) in [6, 6.07) is 10.2. The lowest BCUT2D eigenvalue weighted by molar-refractivity contribution is -0.123. The fraction of sp³-hybridized carbons (Fsp3) is 0.381. The molecule has 0 saturated heterocycles. The van der Waals surface area contributed by atoms with Gasteiger partial charge in [-0.2, -0.15) is 0 Å². The lowest BCUT2D eigenvalue weighted by atomic mass is 9.87. The smallest absolute Gasteiger partial charge is 0.237 e. The van der Waals surface area contributed by atoms with E-state index < -0.39 is 6.04 Å². The van der Waals surface area contributed by atoms with E-state index in [4.69, 9.17) is 15.2 Å². The maximum Gasteiger partial charge on any atom is 0.237 e. The highest BCUT2D eigenvalue weighted by atomic mass is 35.5. The van der Waals surface area contributed by atoms with E-state index in [0.717, 1.165) is 36.1 Å². The largest absolute Gasteiger partial charge is 0.508 e. The molecule has 3 rings (SSSR count). The van der Waals surface area contributed by atoms with Crippen molar-refractivity contribution in [2.24, 2.45) is 5.73 Å². The summed E-state index contributed by atoms with van der Waals surface area (Å²) in [5.41, 5.74) is 9.38. The van der Waals surface area contributed by atoms with E-state index in [-0.39, 0.29) is 30.1 Å². The number of aromatic hydroxyl groups is 1. The van der Waals surface area contributed by atoms with Gasteiger partial charge in [0.1, 0.15) is 5.75 Å². The number of halogens is 1. The van der Waals surface area contributed by atoms with Gasteiger partial charge < -0.3 is 25.6 Å². The third-order valence-electron chi connectivity index (χ3n) is 5.01. The number of carbonyl (C=O) groups is 1. The number of aryl methyl sites for hydroxylation is 1. The molecule has 1 unspecified atom stereocenters. The van der Waals surface area contributed by atoms with E-state index in [9.17, 15) is 9.90 Å². The summed E-state index contributed by atoms with van der Waals surface area (Å²) in [5.74, 6) is 1.48. The van der Waals surface area contributed by atoms with Crippen molar-refractivity contribution in [1.29, 1.82) is 0 Å². The van der Waals surface area contributed by atoms with Crippen molar-refractivity contribution in [3.63, 3.8) is 0 Å². The van der Waals surface area contributed by atoms with Gasteiger partial charge in [-0.3, -0.25) is 4.79 Å². The van der Waals surface area contributed by atoms with Crippen LogP contribution in [0.2, 0.25) is 0 Å². The topological polar surface area (TPSA) is 93.8 Å². The Kier molecular flexibility index (Phi) is 7.54. The van der Waals surface area contributed by atoms with E-state index in [1.165, 1.54) is 5.56 Å². The van der Waals surface area contributed by atoms with E-state index >= 15 is 0 Å². The first-order valence-electron chi connectivity index (χ1n) is 9.07. The van der Waals surface area contributed by atoms with Gasteiger partial charge in [-0.25, -0.2) is 0 Å². The molecule has 1 aliphatic carbocycles. The minimum absolute atomic E-state index is 0. The van der Waals surface area contributed by atoms with Gasteiger partial charge in [0.2, 0.25) is 5.91 Å². The van der Waals surface area contributed by atoms with Crippen LogP contribution in [0, 0.1) is 0 Å². The molecule has 0 heterocycles. The second-order valence-corrected chi connectivity index (χ2v) is 6.90. The van der Waals surface area contributed by atoms with Crippen LogP contribution in [0.4, 0.5) is 0 Å². The Morgan fingerprint density at radius 3 is 2.39 bits per heavy atom. The van der Waals surface area contributed by atoms with Crippen molar-refractivity contribution < 1.29 is 19.4 Å². The Morgan fingerprint density at radius 1 is 1.18 bits per heavy atom. The number of hydrogen-bond acceptors (Lipinski definition) is 5. The molecule has 0 aliphatic heterocycles. The summed E-state index contributed by atoms with van der Waals surface area (Å²) >= 11 is 0. The number of benzene rings is 2. The van der Waals surface area contributed by atoms with Crippen molar-refractivity contribution in [2.45, 2.75) is 37.8 Å². The van der Waals surface area contributed by atoms with Gasteiger partial charge in [0.15, 0.2) is 11.5 Å². The molecule has 0 saturated carbocycles. The first-order valence-corrected chi connectivity index (χ1v) is 9.07. The molecule has 2 aromatic rings. The molecule has 7 heteroatoms. The lowest BCUT2D eigenvalue weighted by Gasteiger charge is -2.27. The summed E-state index contributed by atoms with van der Waals surface area (Å²) in [7, 11) is 3.25. The van der Waals surface area contributed by atoms with Crippen molar-refractivity contribution in [3.8, 4) is 17.2 Å². The molecule has 4 N–H and O–H groups in total. The number of nitrogens with one attached hydrogen (secondary N) is 1. The maximum atomic E-state index is 12.5. The summed E-state index contributed by atoms with van der Waals surface area (Å²) in [4.78, 5) is 12.5. The van der Waals surface area contributed by atoms with Crippen LogP contribution in [0.5, 0.6) is 17.2 Å². The van der Waals surface area contributed by atoms with Gasteiger partial charge in [-0.05, 0) is 66.6 Å². The molecule has 2 atom stereocenters. The van der Waals surface area contributed by atoms with Crippen molar-refractivity contribution in [3.05, 3.63) is 53.1 Å². The standard InChI is InChI=1S/C21H26N2O4.ClH/c1-26-19-11-14-5-6-16(10-15(14)12-20(19)27-2)23-21(25)18(22)9-13-3-7-17(24)8-4-13;/h3-4,7-8,11-12,16,18,24H,5-6,9-10,22H2,1-2H3,(H,23,25);1H/t16?,18-;/m0./s1. The molecule has 2 aromatic carbocycles. The van der Waals surface area contributed by atoms with Crippen LogP contribution in [-0.4, -0.2) is 37.3 Å². The molecule has 6 nitrogen and oxygen atoms in total. The highest BCUT2D eigenvalue weighted by Gasteiger charge is 2.24. The van der Waals surface area contributed by atoms with E-state index in [1.54, 1.807) is 38.5 Å². The van der Waals surface area contributed by atoms with Gasteiger partial charge in [0.25, 0.3) is 0 Å². The average molecular weight is 407 g/mol. The predicted molar refractivity (Wildman–Crippen MR) is 111 cm³/mol. The number of carbonyl (C=O) groups excluding carboxylic acids is 1. The lowest BCUT2D eigenvalue weighted by Crippen LogP contribution is -2.48. The molecule has 0 bridgehead atoms. The third kappa shape index (κ3) is 5.09. The quantitative estimate of drug-likeness (QED) is 0.684. The van der Waals surface area contributed by atoms with Gasteiger partial charge in [0, 0.05) is 6.04 Å². The fourth-order valence-electron chi connectivity index (χ4n) is 3.49. The van der Waals surface area contributed by atoms with Crippen LogP contribution in [0.1, 0.15) is 23.1 Å². The number of phenols is 1. The van der Waals surface area contributed by atoms with Gasteiger partial charge in [-0.1, -0.05) is 12.1 Å². The number of fused-ring (bicyclic) bond motifs is 1. The number of amides is 1. The van der Waals surface area contributed by atoms with Gasteiger partial charge >= 0.3 is 0 Å². The predicted octanol–water partition coefficient (Wildman–Crippen LogP) is 2.37. The van der Waals surface area contributed by atoms with Crippen molar-refractivity contribution in [1.82, 2.24) is 5.32 Å². The highest BCUT2D eigenvalue weighted by molar-refractivity contribution is 5.85. The van der Waals surface area contributed by atoms with Crippen LogP contribution in [0.15, 0.2) is 36.4 Å². The monoisotopic (exact) mass is 406 g/mol. The van der Waals surface area contributed by atoms with Crippen LogP contribution in [0.3, 0.4) is 0 Å². The average Bonchev–Trinajstić information content (AvgIpc) is 2.68. The van der Waals surface area contributed by atoms with Gasteiger partial charge in [-0.15, -0.1) is 12.4 Å². The van der Waals surface area contributed by atoms with Crippen LogP contribution in [0.25, 0.3) is 0 Å². The minimum atomic E-state index is -0.624. The van der Waals surface area contributed by atoms with E-state index in [2.05, 4.69) is 5.32 Å². The molecule has 0 fully saturated rings. The van der Waals surface area contributed by atoms with Crippen LogP contribution < -0.4 is 20.5 Å². The zero-order valence-corrected chi connectivity index (χ0v) is 16.9. The van der Waals surface area contributed by atoms with Gasteiger partial charge in [0.05, 0.1) is 20.3 Å². The number of hydrogen-bond donors (Lipinski definition) is 3.